The molecule has 2 saturated heterocycles. The number of likely N-dealkylation sites (tertiary alicyclic amines) is 1. The molecule has 4 heterocycles. The number of hydrogen-bond acceptors (Lipinski definition) is 4. The number of aromatic nitrogens is 2. The molecule has 6 nitrogen and oxygen atoms in total. The number of nitrogens with zero attached hydrogens (tertiary/aromatic N) is 4. The zero-order valence-electron chi connectivity index (χ0n) is 13.7. The van der Waals surface area contributed by atoms with Crippen molar-refractivity contribution in [3.05, 3.63) is 17.7 Å². The molecule has 23 heavy (non-hydrogen) atoms. The van der Waals surface area contributed by atoms with Crippen LogP contribution in [0.5, 0.6) is 0 Å². The Morgan fingerprint density at radius 3 is 2.74 bits per heavy atom. The van der Waals surface area contributed by atoms with Gasteiger partial charge in [0.1, 0.15) is 5.82 Å². The Morgan fingerprint density at radius 2 is 1.96 bits per heavy atom. The lowest BCUT2D eigenvalue weighted by Gasteiger charge is -2.32. The van der Waals surface area contributed by atoms with Crippen LogP contribution in [0.3, 0.4) is 0 Å². The van der Waals surface area contributed by atoms with Crippen LogP contribution in [0.1, 0.15) is 37.2 Å². The van der Waals surface area contributed by atoms with E-state index in [0.717, 1.165) is 57.2 Å². The molecule has 0 unspecified atom stereocenters. The Hall–Kier alpha value is -1.40. The van der Waals surface area contributed by atoms with E-state index < -0.39 is 0 Å². The van der Waals surface area contributed by atoms with Crippen LogP contribution in [0.25, 0.3) is 0 Å². The molecule has 0 bridgehead atoms. The van der Waals surface area contributed by atoms with Crippen molar-refractivity contribution in [3.8, 4) is 0 Å². The van der Waals surface area contributed by atoms with Crippen molar-refractivity contribution in [3.63, 3.8) is 0 Å². The minimum absolute atomic E-state index is 0.148. The van der Waals surface area contributed by atoms with Crippen LogP contribution < -0.4 is 0 Å². The van der Waals surface area contributed by atoms with Crippen LogP contribution in [0, 0.1) is 5.92 Å². The fraction of sp³-hybridized carbons (Fsp3) is 0.765. The first-order valence-electron chi connectivity index (χ1n) is 8.93. The maximum Gasteiger partial charge on any atom is 0.226 e. The summed E-state index contributed by atoms with van der Waals surface area (Å²) < 4.78 is 7.60. The van der Waals surface area contributed by atoms with Crippen molar-refractivity contribution in [2.45, 2.75) is 45.3 Å². The third kappa shape index (κ3) is 3.28. The number of amides is 1. The molecule has 0 aromatic carbocycles. The van der Waals surface area contributed by atoms with Gasteiger partial charge in [0.05, 0.1) is 12.2 Å². The number of fused-ring (bicyclic) bond motifs is 1. The summed E-state index contributed by atoms with van der Waals surface area (Å²) in [6, 6.07) is 0. The van der Waals surface area contributed by atoms with E-state index in [2.05, 4.69) is 15.7 Å². The Balaban J connectivity index is 1.40. The van der Waals surface area contributed by atoms with Gasteiger partial charge in [-0.1, -0.05) is 0 Å². The first-order valence-corrected chi connectivity index (χ1v) is 8.93. The molecule has 126 valence electrons. The van der Waals surface area contributed by atoms with Gasteiger partial charge in [0, 0.05) is 45.0 Å². The van der Waals surface area contributed by atoms with E-state index in [1.807, 2.05) is 4.90 Å². The van der Waals surface area contributed by atoms with Crippen LogP contribution in [0.2, 0.25) is 0 Å². The third-order valence-electron chi connectivity index (χ3n) is 5.32. The van der Waals surface area contributed by atoms with Gasteiger partial charge < -0.3 is 14.2 Å². The van der Waals surface area contributed by atoms with E-state index in [1.165, 1.54) is 25.9 Å². The molecule has 0 spiro atoms. The summed E-state index contributed by atoms with van der Waals surface area (Å²) in [5, 5.41) is 0. The van der Waals surface area contributed by atoms with Crippen molar-refractivity contribution in [2.24, 2.45) is 5.92 Å². The number of rotatable bonds is 3. The number of ether oxygens (including phenoxy) is 1. The normalized spacial score (nSPS) is 23.2. The van der Waals surface area contributed by atoms with E-state index >= 15 is 0 Å². The highest BCUT2D eigenvalue weighted by Crippen LogP contribution is 2.22. The molecule has 0 aliphatic carbocycles. The third-order valence-corrected chi connectivity index (χ3v) is 5.32. The molecule has 3 aliphatic heterocycles. The van der Waals surface area contributed by atoms with Crippen molar-refractivity contribution >= 4 is 5.91 Å². The van der Waals surface area contributed by atoms with Gasteiger partial charge in [-0.15, -0.1) is 0 Å². The monoisotopic (exact) mass is 318 g/mol. The fourth-order valence-electron chi connectivity index (χ4n) is 3.95. The lowest BCUT2D eigenvalue weighted by atomic mass is 9.98. The maximum absolute atomic E-state index is 12.7. The zero-order valence-corrected chi connectivity index (χ0v) is 13.7. The molecule has 2 fully saturated rings. The molecule has 4 rings (SSSR count). The summed E-state index contributed by atoms with van der Waals surface area (Å²) in [5.41, 5.74) is 1.15. The summed E-state index contributed by atoms with van der Waals surface area (Å²) in [4.78, 5) is 21.9. The minimum atomic E-state index is 0.148. The van der Waals surface area contributed by atoms with Crippen molar-refractivity contribution in [1.82, 2.24) is 19.4 Å². The van der Waals surface area contributed by atoms with E-state index in [4.69, 9.17) is 9.72 Å². The first-order chi connectivity index (χ1) is 11.3. The number of carbonyl (C=O) groups excluding carboxylic acids is 1. The van der Waals surface area contributed by atoms with Gasteiger partial charge in [0.15, 0.2) is 0 Å². The maximum atomic E-state index is 12.7. The highest BCUT2D eigenvalue weighted by molar-refractivity contribution is 5.79. The van der Waals surface area contributed by atoms with E-state index in [-0.39, 0.29) is 5.92 Å². The molecule has 6 heteroatoms. The minimum Gasteiger partial charge on any atom is -0.381 e. The van der Waals surface area contributed by atoms with Crippen LogP contribution in [0.15, 0.2) is 6.20 Å². The molecule has 3 aliphatic rings. The van der Waals surface area contributed by atoms with Gasteiger partial charge in [-0.05, 0) is 38.8 Å². The summed E-state index contributed by atoms with van der Waals surface area (Å²) in [7, 11) is 0. The Morgan fingerprint density at radius 1 is 1.17 bits per heavy atom. The zero-order chi connectivity index (χ0) is 15.6. The average Bonchev–Trinajstić information content (AvgIpc) is 3.23. The molecular weight excluding hydrogens is 292 g/mol. The topological polar surface area (TPSA) is 50.6 Å². The lowest BCUT2D eigenvalue weighted by Crippen LogP contribution is -2.42. The van der Waals surface area contributed by atoms with E-state index in [9.17, 15) is 4.79 Å². The highest BCUT2D eigenvalue weighted by atomic mass is 16.5. The molecule has 1 aromatic heterocycles. The Kier molecular flexibility index (Phi) is 4.35. The number of imidazole rings is 1. The lowest BCUT2D eigenvalue weighted by molar-refractivity contribution is -0.140. The van der Waals surface area contributed by atoms with Crippen LogP contribution in [-0.4, -0.2) is 58.1 Å². The summed E-state index contributed by atoms with van der Waals surface area (Å²) >= 11 is 0. The standard InChI is InChI=1S/C17H26N4O2/c22-17(14-3-9-23-10-4-14)21-8-7-20-12-15(18-16(20)13-21)11-19-5-1-2-6-19/h12,14H,1-11,13H2. The quantitative estimate of drug-likeness (QED) is 0.842. The van der Waals surface area contributed by atoms with Crippen LogP contribution in [0.4, 0.5) is 0 Å². The van der Waals surface area contributed by atoms with Crippen molar-refractivity contribution in [2.75, 3.05) is 32.8 Å². The number of hydrogen-bond donors (Lipinski definition) is 0. The second-order valence-electron chi connectivity index (χ2n) is 6.97. The van der Waals surface area contributed by atoms with E-state index in [0.29, 0.717) is 12.5 Å². The fourth-order valence-corrected chi connectivity index (χ4v) is 3.95. The van der Waals surface area contributed by atoms with Crippen LogP contribution >= 0.6 is 0 Å². The molecule has 1 aromatic rings. The predicted octanol–water partition coefficient (Wildman–Crippen LogP) is 1.25. The second-order valence-corrected chi connectivity index (χ2v) is 6.97. The molecular formula is C17H26N4O2. The average molecular weight is 318 g/mol. The van der Waals surface area contributed by atoms with Crippen LogP contribution in [-0.2, 0) is 29.2 Å². The van der Waals surface area contributed by atoms with Crippen molar-refractivity contribution < 1.29 is 9.53 Å². The Labute approximate surface area is 137 Å². The van der Waals surface area contributed by atoms with Gasteiger partial charge in [-0.2, -0.15) is 0 Å². The van der Waals surface area contributed by atoms with Gasteiger partial charge in [0.2, 0.25) is 5.91 Å². The molecule has 0 saturated carbocycles. The molecule has 0 radical (unpaired) electrons. The molecule has 0 N–H and O–H groups in total. The van der Waals surface area contributed by atoms with Gasteiger partial charge in [0.25, 0.3) is 0 Å². The van der Waals surface area contributed by atoms with Gasteiger partial charge >= 0.3 is 0 Å². The Bertz CT molecular complexity index is 559. The summed E-state index contributed by atoms with van der Waals surface area (Å²) in [6.07, 6.45) is 6.53. The highest BCUT2D eigenvalue weighted by Gasteiger charge is 2.29. The summed E-state index contributed by atoms with van der Waals surface area (Å²) in [6.45, 7) is 7.12. The predicted molar refractivity (Wildman–Crippen MR) is 85.7 cm³/mol. The largest absolute Gasteiger partial charge is 0.381 e. The van der Waals surface area contributed by atoms with E-state index in [1.54, 1.807) is 0 Å². The second kappa shape index (κ2) is 6.61. The first kappa shape index (κ1) is 15.1. The smallest absolute Gasteiger partial charge is 0.226 e. The van der Waals surface area contributed by atoms with Gasteiger partial charge in [-0.3, -0.25) is 9.69 Å². The SMILES string of the molecule is O=C(C1CCOCC1)N1CCn2cc(CN3CCCC3)nc2C1. The van der Waals surface area contributed by atoms with Crippen molar-refractivity contribution in [1.29, 1.82) is 0 Å². The molecule has 1 amide bonds. The van der Waals surface area contributed by atoms with Gasteiger partial charge in [-0.25, -0.2) is 4.98 Å². The summed E-state index contributed by atoms with van der Waals surface area (Å²) in [5.74, 6) is 1.49. The number of carbonyl (C=O) groups is 1. The molecule has 0 atom stereocenters.